The number of carbonyl (C=O) groups is 1. The van der Waals surface area contributed by atoms with Gasteiger partial charge in [-0.3, -0.25) is 10.2 Å². The van der Waals surface area contributed by atoms with Crippen molar-refractivity contribution in [2.75, 3.05) is 7.05 Å². The van der Waals surface area contributed by atoms with E-state index in [9.17, 15) is 4.79 Å². The fourth-order valence-electron chi connectivity index (χ4n) is 1.58. The maximum atomic E-state index is 11.5. The van der Waals surface area contributed by atoms with Crippen LogP contribution in [-0.4, -0.2) is 17.5 Å². The van der Waals surface area contributed by atoms with Crippen LogP contribution < -0.4 is 10.8 Å². The molecule has 4 heteroatoms. The van der Waals surface area contributed by atoms with Gasteiger partial charge in [-0.05, 0) is 24.3 Å². The SMILES string of the molecule is CNC(=O)c1ccc(=N)n(-c2ccccc2)c1. The Kier molecular flexibility index (Phi) is 3.05. The molecule has 2 N–H and O–H groups in total. The standard InChI is InChI=1S/C13H13N3O/c1-15-13(17)10-7-8-12(14)16(9-10)11-5-3-2-4-6-11/h2-9,14H,1H3,(H,15,17). The quantitative estimate of drug-likeness (QED) is 0.798. The van der Waals surface area contributed by atoms with Crippen molar-refractivity contribution < 1.29 is 4.79 Å². The highest BCUT2D eigenvalue weighted by molar-refractivity contribution is 5.93. The molecule has 2 aromatic rings. The number of nitrogens with one attached hydrogen (secondary N) is 2. The molecular formula is C13H13N3O. The van der Waals surface area contributed by atoms with Crippen molar-refractivity contribution in [3.8, 4) is 5.69 Å². The number of benzene rings is 1. The lowest BCUT2D eigenvalue weighted by atomic mass is 10.2. The second-order valence-electron chi connectivity index (χ2n) is 3.59. The first-order valence-corrected chi connectivity index (χ1v) is 5.27. The molecule has 0 saturated heterocycles. The summed E-state index contributed by atoms with van der Waals surface area (Å²) in [6.07, 6.45) is 1.66. The van der Waals surface area contributed by atoms with Gasteiger partial charge >= 0.3 is 0 Å². The highest BCUT2D eigenvalue weighted by Gasteiger charge is 2.04. The Labute approximate surface area is 99.0 Å². The summed E-state index contributed by atoms with van der Waals surface area (Å²) in [5.41, 5.74) is 1.74. The lowest BCUT2D eigenvalue weighted by Gasteiger charge is -2.08. The number of aromatic nitrogens is 1. The van der Waals surface area contributed by atoms with E-state index in [4.69, 9.17) is 5.41 Å². The molecule has 0 saturated carbocycles. The first kappa shape index (κ1) is 11.1. The van der Waals surface area contributed by atoms with Gasteiger partial charge < -0.3 is 9.88 Å². The van der Waals surface area contributed by atoms with E-state index in [1.807, 2.05) is 30.3 Å². The average molecular weight is 227 g/mol. The van der Waals surface area contributed by atoms with Crippen LogP contribution in [0.4, 0.5) is 0 Å². The number of rotatable bonds is 2. The van der Waals surface area contributed by atoms with E-state index < -0.39 is 0 Å². The van der Waals surface area contributed by atoms with Gasteiger partial charge in [0, 0.05) is 18.9 Å². The van der Waals surface area contributed by atoms with Gasteiger partial charge in [0.1, 0.15) is 5.49 Å². The molecule has 1 aromatic carbocycles. The molecule has 0 radical (unpaired) electrons. The Hall–Kier alpha value is -2.36. The Balaban J connectivity index is 2.55. The fraction of sp³-hybridized carbons (Fsp3) is 0.0769. The van der Waals surface area contributed by atoms with Crippen LogP contribution in [0.2, 0.25) is 0 Å². The summed E-state index contributed by atoms with van der Waals surface area (Å²) in [7, 11) is 1.59. The summed E-state index contributed by atoms with van der Waals surface area (Å²) in [4.78, 5) is 11.5. The minimum Gasteiger partial charge on any atom is -0.355 e. The van der Waals surface area contributed by atoms with Crippen LogP contribution in [-0.2, 0) is 0 Å². The van der Waals surface area contributed by atoms with Gasteiger partial charge in [-0.2, -0.15) is 0 Å². The molecule has 0 aliphatic heterocycles. The zero-order valence-corrected chi connectivity index (χ0v) is 9.47. The van der Waals surface area contributed by atoms with Gasteiger partial charge in [0.15, 0.2) is 0 Å². The van der Waals surface area contributed by atoms with Crippen molar-refractivity contribution in [2.45, 2.75) is 0 Å². The van der Waals surface area contributed by atoms with Crippen LogP contribution in [0.3, 0.4) is 0 Å². The Bertz CT molecular complexity index is 587. The molecule has 0 aliphatic carbocycles. The number of carbonyl (C=O) groups excluding carboxylic acids is 1. The zero-order chi connectivity index (χ0) is 12.3. The second kappa shape index (κ2) is 4.65. The van der Waals surface area contributed by atoms with E-state index in [2.05, 4.69) is 5.32 Å². The fourth-order valence-corrected chi connectivity index (χ4v) is 1.58. The number of nitrogens with zero attached hydrogens (tertiary/aromatic N) is 1. The molecule has 0 unspecified atom stereocenters. The van der Waals surface area contributed by atoms with Crippen molar-refractivity contribution in [2.24, 2.45) is 0 Å². The molecular weight excluding hydrogens is 214 g/mol. The summed E-state index contributed by atoms with van der Waals surface area (Å²) in [5.74, 6) is -0.158. The summed E-state index contributed by atoms with van der Waals surface area (Å²) in [6.45, 7) is 0. The normalized spacial score (nSPS) is 9.94. The molecule has 0 atom stereocenters. The first-order chi connectivity index (χ1) is 8.22. The summed E-state index contributed by atoms with van der Waals surface area (Å²) in [6, 6.07) is 12.7. The van der Waals surface area contributed by atoms with Gasteiger partial charge in [0.2, 0.25) is 0 Å². The topological polar surface area (TPSA) is 57.9 Å². The molecule has 2 rings (SSSR count). The third-order valence-electron chi connectivity index (χ3n) is 2.47. The maximum Gasteiger partial charge on any atom is 0.252 e. The molecule has 0 spiro atoms. The highest BCUT2D eigenvalue weighted by atomic mass is 16.1. The van der Waals surface area contributed by atoms with Crippen molar-refractivity contribution in [3.05, 3.63) is 59.7 Å². The largest absolute Gasteiger partial charge is 0.355 e. The lowest BCUT2D eigenvalue weighted by molar-refractivity contribution is 0.0962. The van der Waals surface area contributed by atoms with Crippen LogP contribution in [0.5, 0.6) is 0 Å². The van der Waals surface area contributed by atoms with Crippen molar-refractivity contribution >= 4 is 5.91 Å². The van der Waals surface area contributed by atoms with Gasteiger partial charge in [-0.1, -0.05) is 18.2 Å². The van der Waals surface area contributed by atoms with E-state index in [0.717, 1.165) is 5.69 Å². The molecule has 1 heterocycles. The number of hydrogen-bond donors (Lipinski definition) is 2. The molecule has 4 nitrogen and oxygen atoms in total. The Morgan fingerprint density at radius 1 is 1.18 bits per heavy atom. The van der Waals surface area contributed by atoms with Crippen molar-refractivity contribution in [1.82, 2.24) is 9.88 Å². The average Bonchev–Trinajstić information content (AvgIpc) is 2.39. The van der Waals surface area contributed by atoms with Gasteiger partial charge in [0.05, 0.1) is 5.56 Å². The summed E-state index contributed by atoms with van der Waals surface area (Å²) in [5, 5.41) is 10.4. The maximum absolute atomic E-state index is 11.5. The molecule has 0 fully saturated rings. The van der Waals surface area contributed by atoms with E-state index >= 15 is 0 Å². The molecule has 0 aliphatic rings. The summed E-state index contributed by atoms with van der Waals surface area (Å²) < 4.78 is 1.67. The Morgan fingerprint density at radius 2 is 1.88 bits per heavy atom. The molecule has 0 bridgehead atoms. The molecule has 1 amide bonds. The van der Waals surface area contributed by atoms with Gasteiger partial charge in [-0.15, -0.1) is 0 Å². The van der Waals surface area contributed by atoms with Gasteiger partial charge in [-0.25, -0.2) is 0 Å². The number of pyridine rings is 1. The van der Waals surface area contributed by atoms with E-state index in [0.29, 0.717) is 11.1 Å². The Morgan fingerprint density at radius 3 is 2.53 bits per heavy atom. The van der Waals surface area contributed by atoms with Crippen LogP contribution in [0.25, 0.3) is 5.69 Å². The van der Waals surface area contributed by atoms with E-state index in [1.165, 1.54) is 0 Å². The predicted octanol–water partition coefficient (Wildman–Crippen LogP) is 1.32. The third-order valence-corrected chi connectivity index (χ3v) is 2.47. The van der Waals surface area contributed by atoms with E-state index in [1.54, 1.807) is 29.9 Å². The van der Waals surface area contributed by atoms with Crippen LogP contribution in [0.1, 0.15) is 10.4 Å². The third kappa shape index (κ3) is 2.25. The lowest BCUT2D eigenvalue weighted by Crippen LogP contribution is -2.23. The van der Waals surface area contributed by atoms with Crippen molar-refractivity contribution in [3.63, 3.8) is 0 Å². The highest BCUT2D eigenvalue weighted by Crippen LogP contribution is 2.05. The van der Waals surface area contributed by atoms with Crippen LogP contribution >= 0.6 is 0 Å². The molecule has 17 heavy (non-hydrogen) atoms. The first-order valence-electron chi connectivity index (χ1n) is 5.27. The minimum atomic E-state index is -0.158. The number of hydrogen-bond acceptors (Lipinski definition) is 2. The van der Waals surface area contributed by atoms with E-state index in [-0.39, 0.29) is 5.91 Å². The molecule has 1 aromatic heterocycles. The number of amides is 1. The van der Waals surface area contributed by atoms with Crippen molar-refractivity contribution in [1.29, 1.82) is 5.41 Å². The summed E-state index contributed by atoms with van der Waals surface area (Å²) >= 11 is 0. The minimum absolute atomic E-state index is 0.158. The smallest absolute Gasteiger partial charge is 0.252 e. The zero-order valence-electron chi connectivity index (χ0n) is 9.47. The second-order valence-corrected chi connectivity index (χ2v) is 3.59. The van der Waals surface area contributed by atoms with Gasteiger partial charge in [0.25, 0.3) is 5.91 Å². The monoisotopic (exact) mass is 227 g/mol. The van der Waals surface area contributed by atoms with Crippen LogP contribution in [0, 0.1) is 5.41 Å². The number of para-hydroxylation sites is 1. The predicted molar refractivity (Wildman–Crippen MR) is 65.0 cm³/mol. The van der Waals surface area contributed by atoms with Crippen LogP contribution in [0.15, 0.2) is 48.7 Å². The molecule has 86 valence electrons.